The van der Waals surface area contributed by atoms with E-state index in [-0.39, 0.29) is 6.04 Å². The van der Waals surface area contributed by atoms with E-state index in [4.69, 9.17) is 11.5 Å². The quantitative estimate of drug-likeness (QED) is 0.275. The maximum Gasteiger partial charge on any atom is 0.177 e. The molecule has 4 heterocycles. The van der Waals surface area contributed by atoms with Crippen LogP contribution >= 0.6 is 0 Å². The highest BCUT2D eigenvalue weighted by molar-refractivity contribution is 7.89. The maximum atomic E-state index is 12.1. The van der Waals surface area contributed by atoms with Crippen LogP contribution in [0.25, 0.3) is 5.65 Å². The van der Waals surface area contributed by atoms with Crippen molar-refractivity contribution in [3.05, 3.63) is 59.9 Å². The van der Waals surface area contributed by atoms with Gasteiger partial charge in [-0.3, -0.25) is 0 Å². The highest BCUT2D eigenvalue weighted by Crippen LogP contribution is 2.31. The molecule has 1 aliphatic heterocycles. The molecule has 1 fully saturated rings. The molecule has 0 saturated carbocycles. The Morgan fingerprint density at radius 1 is 1.19 bits per heavy atom. The first-order valence-electron chi connectivity index (χ1n) is 11.4. The Hall–Kier alpha value is -4.05. The van der Waals surface area contributed by atoms with Crippen molar-refractivity contribution in [1.82, 2.24) is 19.6 Å². The van der Waals surface area contributed by atoms with Gasteiger partial charge in [0.05, 0.1) is 24.3 Å². The number of rotatable bonds is 7. The van der Waals surface area contributed by atoms with Gasteiger partial charge in [-0.05, 0) is 36.8 Å². The Kier molecular flexibility index (Phi) is 6.51. The minimum atomic E-state index is -1.01. The highest BCUT2D eigenvalue weighted by Gasteiger charge is 2.23. The molecule has 1 aromatic carbocycles. The predicted octanol–water partition coefficient (Wildman–Crippen LogP) is 2.48. The first-order chi connectivity index (χ1) is 17.4. The molecule has 5 rings (SSSR count). The number of nitrogens with zero attached hydrogens (tertiary/aromatic N) is 6. The Bertz CT molecular complexity index is 1430. The summed E-state index contributed by atoms with van der Waals surface area (Å²) in [5, 5.41) is 20.4. The number of nitrogen functional groups attached to an aromatic ring is 1. The van der Waals surface area contributed by atoms with Gasteiger partial charge in [0.15, 0.2) is 5.65 Å². The van der Waals surface area contributed by atoms with Gasteiger partial charge in [0.25, 0.3) is 0 Å². The van der Waals surface area contributed by atoms with Crippen LogP contribution in [0.1, 0.15) is 17.5 Å². The Labute approximate surface area is 211 Å². The Morgan fingerprint density at radius 2 is 2.06 bits per heavy atom. The van der Waals surface area contributed by atoms with Crippen molar-refractivity contribution in [1.29, 1.82) is 5.26 Å². The van der Waals surface area contributed by atoms with E-state index in [1.165, 1.54) is 6.20 Å². The molecule has 0 amide bonds. The maximum absolute atomic E-state index is 12.1. The standard InChI is InChI=1S/C24H26N10OS/c1-36(35)14-15-8-19(3-4-20(15)33-7-6-18(27)13-33)30-22-9-23(31-21-5-2-17(26)12-28-21)34-24(32-22)16(10-25)11-29-34/h2-5,8-9,11-12,18H,6-7,13-14,26-27H2,1H3,(H,28,31)(H,30,32). The largest absolute Gasteiger partial charge is 0.616 e. The summed E-state index contributed by atoms with van der Waals surface area (Å²) in [6, 6.07) is 13.5. The molecule has 12 heteroatoms. The van der Waals surface area contributed by atoms with Crippen LogP contribution in [-0.4, -0.2) is 49.5 Å². The van der Waals surface area contributed by atoms with E-state index in [1.807, 2.05) is 18.2 Å². The second kappa shape index (κ2) is 9.90. The highest BCUT2D eigenvalue weighted by atomic mass is 32.2. The summed E-state index contributed by atoms with van der Waals surface area (Å²) in [5.74, 6) is 2.08. The summed E-state index contributed by atoms with van der Waals surface area (Å²) in [5.41, 5.74) is 16.0. The monoisotopic (exact) mass is 502 g/mol. The summed E-state index contributed by atoms with van der Waals surface area (Å²) < 4.78 is 13.7. The lowest BCUT2D eigenvalue weighted by atomic mass is 10.1. The lowest BCUT2D eigenvalue weighted by Crippen LogP contribution is -2.27. The molecule has 0 radical (unpaired) electrons. The van der Waals surface area contributed by atoms with Gasteiger partial charge in [0.1, 0.15) is 34.8 Å². The molecule has 6 N–H and O–H groups in total. The van der Waals surface area contributed by atoms with E-state index >= 15 is 0 Å². The van der Waals surface area contributed by atoms with Crippen LogP contribution in [0.2, 0.25) is 0 Å². The summed E-state index contributed by atoms with van der Waals surface area (Å²) in [4.78, 5) is 11.1. The lowest BCUT2D eigenvalue weighted by molar-refractivity contribution is 0.600. The normalized spacial score (nSPS) is 16.2. The molecular weight excluding hydrogens is 476 g/mol. The first-order valence-corrected chi connectivity index (χ1v) is 13.1. The van der Waals surface area contributed by atoms with E-state index < -0.39 is 11.2 Å². The van der Waals surface area contributed by atoms with Crippen LogP contribution in [0.15, 0.2) is 48.8 Å². The summed E-state index contributed by atoms with van der Waals surface area (Å²) in [6.45, 7) is 1.66. The second-order valence-electron chi connectivity index (χ2n) is 8.71. The zero-order valence-electron chi connectivity index (χ0n) is 19.7. The molecule has 1 aliphatic rings. The number of fused-ring (bicyclic) bond motifs is 1. The number of nitrogens with one attached hydrogen (secondary N) is 2. The molecule has 184 valence electrons. The number of nitriles is 1. The zero-order chi connectivity index (χ0) is 25.2. The second-order valence-corrected chi connectivity index (χ2v) is 10.1. The minimum Gasteiger partial charge on any atom is -0.616 e. The molecule has 2 unspecified atom stereocenters. The average Bonchev–Trinajstić information content (AvgIpc) is 3.46. The van der Waals surface area contributed by atoms with Gasteiger partial charge in [-0.15, -0.1) is 0 Å². The summed E-state index contributed by atoms with van der Waals surface area (Å²) in [6.07, 6.45) is 5.65. The molecule has 11 nitrogen and oxygen atoms in total. The third-order valence-electron chi connectivity index (χ3n) is 5.91. The fourth-order valence-electron chi connectivity index (χ4n) is 4.27. The summed E-state index contributed by atoms with van der Waals surface area (Å²) in [7, 11) is 0. The predicted molar refractivity (Wildman–Crippen MR) is 142 cm³/mol. The molecule has 2 atom stereocenters. The van der Waals surface area contributed by atoms with Crippen molar-refractivity contribution < 1.29 is 4.55 Å². The van der Waals surface area contributed by atoms with E-state index in [0.29, 0.717) is 40.1 Å². The average molecular weight is 503 g/mol. The molecule has 3 aromatic heterocycles. The molecule has 4 aromatic rings. The smallest absolute Gasteiger partial charge is 0.177 e. The minimum absolute atomic E-state index is 0.144. The van der Waals surface area contributed by atoms with Gasteiger partial charge in [-0.2, -0.15) is 14.9 Å². The number of pyridine rings is 1. The molecule has 1 saturated heterocycles. The van der Waals surface area contributed by atoms with Crippen LogP contribution in [-0.2, 0) is 16.9 Å². The number of anilines is 6. The van der Waals surface area contributed by atoms with Crippen LogP contribution in [0.3, 0.4) is 0 Å². The fraction of sp³-hybridized carbons (Fsp3) is 0.250. The van der Waals surface area contributed by atoms with E-state index in [9.17, 15) is 9.81 Å². The fourth-order valence-corrected chi connectivity index (χ4v) is 4.93. The van der Waals surface area contributed by atoms with E-state index in [1.54, 1.807) is 35.2 Å². The van der Waals surface area contributed by atoms with Crippen LogP contribution in [0.5, 0.6) is 0 Å². The third-order valence-corrected chi connectivity index (χ3v) is 6.63. The molecule has 36 heavy (non-hydrogen) atoms. The van der Waals surface area contributed by atoms with E-state index in [2.05, 4.69) is 36.7 Å². The van der Waals surface area contributed by atoms with Crippen molar-refractivity contribution in [3.8, 4) is 6.07 Å². The number of hydrogen-bond acceptors (Lipinski definition) is 10. The SMILES string of the molecule is C[S+]([O-])Cc1cc(Nc2cc(Nc3ccc(N)cn3)n3ncc(C#N)c3n2)ccc1N1CCC(N)C1. The Balaban J connectivity index is 1.50. The number of benzene rings is 1. The molecule has 0 aliphatic carbocycles. The lowest BCUT2D eigenvalue weighted by Gasteiger charge is -2.23. The van der Waals surface area contributed by atoms with Gasteiger partial charge >= 0.3 is 0 Å². The van der Waals surface area contributed by atoms with Gasteiger partial charge in [0, 0.05) is 42.1 Å². The number of nitrogens with two attached hydrogens (primary N) is 2. The first kappa shape index (κ1) is 23.7. The van der Waals surface area contributed by atoms with Crippen molar-refractivity contribution in [2.75, 3.05) is 40.6 Å². The van der Waals surface area contributed by atoms with Crippen molar-refractivity contribution in [3.63, 3.8) is 0 Å². The van der Waals surface area contributed by atoms with E-state index in [0.717, 1.165) is 36.4 Å². The molecule has 0 bridgehead atoms. The molecular formula is C24H26N10OS. The van der Waals surface area contributed by atoms with Crippen LogP contribution < -0.4 is 27.0 Å². The van der Waals surface area contributed by atoms with Gasteiger partial charge < -0.3 is 31.6 Å². The number of aromatic nitrogens is 4. The van der Waals surface area contributed by atoms with Gasteiger partial charge in [0.2, 0.25) is 0 Å². The van der Waals surface area contributed by atoms with Crippen molar-refractivity contribution in [2.45, 2.75) is 18.2 Å². The van der Waals surface area contributed by atoms with Gasteiger partial charge in [-0.25, -0.2) is 9.97 Å². The van der Waals surface area contributed by atoms with Crippen LogP contribution in [0, 0.1) is 11.3 Å². The third kappa shape index (κ3) is 4.99. The number of hydrogen-bond donors (Lipinski definition) is 4. The molecule has 0 spiro atoms. The zero-order valence-corrected chi connectivity index (χ0v) is 20.5. The van der Waals surface area contributed by atoms with Crippen molar-refractivity contribution >= 4 is 51.3 Å². The van der Waals surface area contributed by atoms with Gasteiger partial charge in [-0.1, -0.05) is 11.2 Å². The van der Waals surface area contributed by atoms with Crippen LogP contribution in [0.4, 0.5) is 34.5 Å². The van der Waals surface area contributed by atoms with Crippen molar-refractivity contribution in [2.24, 2.45) is 5.73 Å². The topological polar surface area (TPSA) is 169 Å². The summed E-state index contributed by atoms with van der Waals surface area (Å²) >= 11 is -1.01. The Morgan fingerprint density at radius 3 is 2.75 bits per heavy atom.